The Bertz CT molecular complexity index is 756. The van der Waals surface area contributed by atoms with Crippen LogP contribution in [0.5, 0.6) is 0 Å². The summed E-state index contributed by atoms with van der Waals surface area (Å²) in [4.78, 5) is 11.9. The first kappa shape index (κ1) is 16.4. The molecule has 1 aromatic heterocycles. The van der Waals surface area contributed by atoms with Crippen LogP contribution in [0.4, 0.5) is 0 Å². The smallest absolute Gasteiger partial charge is 0.336 e. The van der Waals surface area contributed by atoms with Crippen LogP contribution in [-0.2, 0) is 10.0 Å². The Balaban J connectivity index is 2.32. The Hall–Kier alpha value is -0.970. The summed E-state index contributed by atoms with van der Waals surface area (Å²) in [5, 5.41) is 10.9. The second-order valence-electron chi connectivity index (χ2n) is 4.31. The number of hydrogen-bond acceptors (Lipinski definition) is 4. The summed E-state index contributed by atoms with van der Waals surface area (Å²) in [6, 6.07) is 7.37. The van der Waals surface area contributed by atoms with Crippen molar-refractivity contribution in [3.63, 3.8) is 0 Å². The van der Waals surface area contributed by atoms with E-state index in [9.17, 15) is 13.2 Å². The molecule has 0 saturated heterocycles. The zero-order valence-corrected chi connectivity index (χ0v) is 14.7. The van der Waals surface area contributed by atoms with Crippen molar-refractivity contribution in [2.24, 2.45) is 0 Å². The monoisotopic (exact) mass is 437 g/mol. The fourth-order valence-corrected chi connectivity index (χ4v) is 4.36. The lowest BCUT2D eigenvalue weighted by molar-refractivity contribution is 0.0695. The van der Waals surface area contributed by atoms with E-state index >= 15 is 0 Å². The number of benzene rings is 1. The Morgan fingerprint density at radius 1 is 1.38 bits per heavy atom. The van der Waals surface area contributed by atoms with Crippen LogP contribution in [0.25, 0.3) is 0 Å². The van der Waals surface area contributed by atoms with Crippen molar-refractivity contribution in [1.29, 1.82) is 0 Å². The minimum Gasteiger partial charge on any atom is -0.478 e. The Kier molecular flexibility index (Phi) is 5.02. The van der Waals surface area contributed by atoms with Crippen LogP contribution in [0, 0.1) is 3.57 Å². The molecule has 21 heavy (non-hydrogen) atoms. The van der Waals surface area contributed by atoms with Gasteiger partial charge in [-0.15, -0.1) is 11.3 Å². The largest absolute Gasteiger partial charge is 0.478 e. The summed E-state index contributed by atoms with van der Waals surface area (Å²) in [5.41, 5.74) is -0.0257. The van der Waals surface area contributed by atoms with Gasteiger partial charge in [-0.25, -0.2) is 17.9 Å². The predicted octanol–water partition coefficient (Wildman–Crippen LogP) is 3.09. The zero-order valence-electron chi connectivity index (χ0n) is 10.9. The van der Waals surface area contributed by atoms with Gasteiger partial charge in [-0.3, -0.25) is 0 Å². The minimum atomic E-state index is -3.77. The third-order valence-corrected chi connectivity index (χ3v) is 6.31. The maximum Gasteiger partial charge on any atom is 0.336 e. The third kappa shape index (κ3) is 3.82. The molecule has 5 nitrogen and oxygen atoms in total. The van der Waals surface area contributed by atoms with Crippen LogP contribution in [0.2, 0.25) is 0 Å². The maximum atomic E-state index is 12.3. The van der Waals surface area contributed by atoms with Crippen LogP contribution in [-0.4, -0.2) is 19.5 Å². The lowest BCUT2D eigenvalue weighted by Crippen LogP contribution is -2.26. The van der Waals surface area contributed by atoms with Gasteiger partial charge in [0.25, 0.3) is 0 Å². The molecule has 0 aliphatic carbocycles. The van der Waals surface area contributed by atoms with E-state index in [1.807, 2.05) is 40.1 Å². The fourth-order valence-electron chi connectivity index (χ4n) is 1.73. The van der Waals surface area contributed by atoms with Gasteiger partial charge < -0.3 is 5.11 Å². The molecule has 1 atom stereocenters. The predicted molar refractivity (Wildman–Crippen MR) is 89.2 cm³/mol. The first-order valence-electron chi connectivity index (χ1n) is 5.90. The number of aromatic carboxylic acids is 1. The number of carbonyl (C=O) groups is 1. The fraction of sp³-hybridized carbons (Fsp3) is 0.154. The highest BCUT2D eigenvalue weighted by atomic mass is 127. The molecule has 0 unspecified atom stereocenters. The molecule has 0 amide bonds. The SMILES string of the molecule is C[C@H](NS(=O)(=O)c1ccc(I)c(C(=O)O)c1)c1cccs1. The summed E-state index contributed by atoms with van der Waals surface area (Å²) in [6.45, 7) is 1.74. The number of carboxylic acids is 1. The van der Waals surface area contributed by atoms with Crippen molar-refractivity contribution >= 4 is 49.9 Å². The van der Waals surface area contributed by atoms with Crippen LogP contribution in [0.15, 0.2) is 40.6 Å². The normalized spacial score (nSPS) is 13.0. The van der Waals surface area contributed by atoms with Crippen molar-refractivity contribution in [3.8, 4) is 0 Å². The molecule has 0 aliphatic heterocycles. The number of nitrogens with one attached hydrogen (secondary N) is 1. The summed E-state index contributed by atoms with van der Waals surface area (Å²) < 4.78 is 27.7. The second-order valence-corrected chi connectivity index (χ2v) is 8.16. The van der Waals surface area contributed by atoms with Crippen LogP contribution in [0.3, 0.4) is 0 Å². The van der Waals surface area contributed by atoms with Gasteiger partial charge in [0.15, 0.2) is 0 Å². The highest BCUT2D eigenvalue weighted by Gasteiger charge is 2.21. The lowest BCUT2D eigenvalue weighted by Gasteiger charge is -2.13. The highest BCUT2D eigenvalue weighted by Crippen LogP contribution is 2.22. The Morgan fingerprint density at radius 2 is 2.10 bits per heavy atom. The molecule has 2 rings (SSSR count). The van der Waals surface area contributed by atoms with Crippen molar-refractivity contribution in [1.82, 2.24) is 4.72 Å². The van der Waals surface area contributed by atoms with E-state index in [2.05, 4.69) is 4.72 Å². The van der Waals surface area contributed by atoms with Gasteiger partial charge in [0.2, 0.25) is 10.0 Å². The molecule has 1 aromatic carbocycles. The standard InChI is InChI=1S/C13H12INO4S2/c1-8(12-3-2-6-20-12)15-21(18,19)9-4-5-11(14)10(7-9)13(16)17/h2-8,15H,1H3,(H,16,17)/t8-/m0/s1. The number of hydrogen-bond donors (Lipinski definition) is 2. The summed E-state index contributed by atoms with van der Waals surface area (Å²) in [7, 11) is -3.77. The van der Waals surface area contributed by atoms with Gasteiger partial charge in [0.05, 0.1) is 16.5 Å². The van der Waals surface area contributed by atoms with E-state index in [-0.39, 0.29) is 16.5 Å². The average Bonchev–Trinajstić information content (AvgIpc) is 2.92. The maximum absolute atomic E-state index is 12.3. The van der Waals surface area contributed by atoms with E-state index < -0.39 is 16.0 Å². The first-order chi connectivity index (χ1) is 9.81. The molecule has 0 radical (unpaired) electrons. The molecule has 1 heterocycles. The van der Waals surface area contributed by atoms with Crippen LogP contribution in [0.1, 0.15) is 28.2 Å². The molecule has 2 aromatic rings. The van der Waals surface area contributed by atoms with Crippen LogP contribution < -0.4 is 4.72 Å². The number of carboxylic acid groups (broad SMARTS) is 1. The molecule has 0 aliphatic rings. The third-order valence-electron chi connectivity index (χ3n) is 2.78. The summed E-state index contributed by atoms with van der Waals surface area (Å²) in [6.07, 6.45) is 0. The molecule has 0 saturated carbocycles. The van der Waals surface area contributed by atoms with Crippen molar-refractivity contribution < 1.29 is 18.3 Å². The van der Waals surface area contributed by atoms with Gasteiger partial charge >= 0.3 is 5.97 Å². The van der Waals surface area contributed by atoms with E-state index in [0.29, 0.717) is 3.57 Å². The highest BCUT2D eigenvalue weighted by molar-refractivity contribution is 14.1. The molecule has 112 valence electrons. The van der Waals surface area contributed by atoms with E-state index in [1.54, 1.807) is 6.92 Å². The summed E-state index contributed by atoms with van der Waals surface area (Å²) in [5.74, 6) is -1.15. The molecular weight excluding hydrogens is 425 g/mol. The molecule has 0 fully saturated rings. The lowest BCUT2D eigenvalue weighted by atomic mass is 10.2. The van der Waals surface area contributed by atoms with Gasteiger partial charge in [-0.05, 0) is 59.2 Å². The molecule has 8 heteroatoms. The Labute approximate surface area is 140 Å². The molecule has 0 bridgehead atoms. The second kappa shape index (κ2) is 6.42. The topological polar surface area (TPSA) is 83.5 Å². The van der Waals surface area contributed by atoms with E-state index in [4.69, 9.17) is 5.11 Å². The van der Waals surface area contributed by atoms with Gasteiger partial charge in [-0.2, -0.15) is 0 Å². The van der Waals surface area contributed by atoms with Crippen LogP contribution >= 0.6 is 33.9 Å². The number of halogens is 1. The summed E-state index contributed by atoms with van der Waals surface area (Å²) >= 11 is 3.32. The zero-order chi connectivity index (χ0) is 15.6. The van der Waals surface area contributed by atoms with E-state index in [0.717, 1.165) is 4.88 Å². The Morgan fingerprint density at radius 3 is 2.67 bits per heavy atom. The molecular formula is C13H12INO4S2. The number of sulfonamides is 1. The van der Waals surface area contributed by atoms with Gasteiger partial charge in [0, 0.05) is 8.45 Å². The van der Waals surface area contributed by atoms with Crippen molar-refractivity contribution in [2.45, 2.75) is 17.9 Å². The van der Waals surface area contributed by atoms with Gasteiger partial charge in [0.1, 0.15) is 0 Å². The quantitative estimate of drug-likeness (QED) is 0.705. The van der Waals surface area contributed by atoms with Crippen molar-refractivity contribution in [3.05, 3.63) is 49.7 Å². The first-order valence-corrected chi connectivity index (χ1v) is 9.34. The molecule has 2 N–H and O–H groups in total. The van der Waals surface area contributed by atoms with Crippen molar-refractivity contribution in [2.75, 3.05) is 0 Å². The average molecular weight is 437 g/mol. The number of rotatable bonds is 5. The van der Waals surface area contributed by atoms with Gasteiger partial charge in [-0.1, -0.05) is 6.07 Å². The minimum absolute atomic E-state index is 0.0257. The number of thiophene rings is 1. The molecule has 0 spiro atoms. The van der Waals surface area contributed by atoms with E-state index in [1.165, 1.54) is 29.5 Å².